The number of hydrogen-bond donors (Lipinski definition) is 2. The maximum absolute atomic E-state index is 11.0. The second-order valence-corrected chi connectivity index (χ2v) is 5.45. The lowest BCUT2D eigenvalue weighted by Crippen LogP contribution is -2.10. The van der Waals surface area contributed by atoms with Crippen LogP contribution in [0, 0.1) is 0 Å². The fraction of sp³-hybridized carbons (Fsp3) is 0.308. The third-order valence-corrected chi connectivity index (χ3v) is 3.55. The third-order valence-electron chi connectivity index (χ3n) is 2.64. The molecule has 0 saturated heterocycles. The van der Waals surface area contributed by atoms with Crippen LogP contribution in [-0.4, -0.2) is 21.1 Å². The van der Waals surface area contributed by atoms with Gasteiger partial charge in [0.2, 0.25) is 11.1 Å². The SMILES string of the molecule is CC(C)c1nc(SCc2ccc(C(N)=O)cc2)n[nH]1. The van der Waals surface area contributed by atoms with Crippen LogP contribution in [0.15, 0.2) is 29.4 Å². The van der Waals surface area contributed by atoms with Crippen LogP contribution in [-0.2, 0) is 5.75 Å². The molecule has 19 heavy (non-hydrogen) atoms. The minimum Gasteiger partial charge on any atom is -0.366 e. The fourth-order valence-electron chi connectivity index (χ4n) is 1.49. The summed E-state index contributed by atoms with van der Waals surface area (Å²) in [6.07, 6.45) is 0. The van der Waals surface area contributed by atoms with Gasteiger partial charge in [0, 0.05) is 17.2 Å². The molecule has 2 aromatic rings. The lowest BCUT2D eigenvalue weighted by atomic mass is 10.1. The molecule has 0 spiro atoms. The van der Waals surface area contributed by atoms with Crippen molar-refractivity contribution in [3.63, 3.8) is 0 Å². The summed E-state index contributed by atoms with van der Waals surface area (Å²) in [7, 11) is 0. The summed E-state index contributed by atoms with van der Waals surface area (Å²) in [5.41, 5.74) is 6.82. The zero-order valence-electron chi connectivity index (χ0n) is 10.9. The molecule has 1 heterocycles. The Bertz CT molecular complexity index is 562. The predicted octanol–water partition coefficient (Wildman–Crippen LogP) is 2.32. The highest BCUT2D eigenvalue weighted by Gasteiger charge is 2.07. The van der Waals surface area contributed by atoms with E-state index in [0.29, 0.717) is 11.5 Å². The molecular weight excluding hydrogens is 260 g/mol. The van der Waals surface area contributed by atoms with Crippen molar-refractivity contribution in [2.24, 2.45) is 5.73 Å². The van der Waals surface area contributed by atoms with Crippen molar-refractivity contribution < 1.29 is 4.79 Å². The smallest absolute Gasteiger partial charge is 0.248 e. The molecular formula is C13H16N4OS. The molecule has 0 unspecified atom stereocenters. The van der Waals surface area contributed by atoms with Crippen molar-refractivity contribution >= 4 is 17.7 Å². The molecule has 6 heteroatoms. The number of H-pyrrole nitrogens is 1. The second kappa shape index (κ2) is 5.88. The first-order valence-electron chi connectivity index (χ1n) is 6.00. The van der Waals surface area contributed by atoms with E-state index in [1.165, 1.54) is 0 Å². The molecule has 0 bridgehead atoms. The number of thioether (sulfide) groups is 1. The highest BCUT2D eigenvalue weighted by atomic mass is 32.2. The van der Waals surface area contributed by atoms with E-state index in [2.05, 4.69) is 29.0 Å². The molecule has 0 saturated carbocycles. The molecule has 0 aliphatic heterocycles. The Morgan fingerprint density at radius 1 is 1.37 bits per heavy atom. The van der Waals surface area contributed by atoms with Gasteiger partial charge in [-0.3, -0.25) is 9.89 Å². The number of carbonyl (C=O) groups excluding carboxylic acids is 1. The number of benzene rings is 1. The largest absolute Gasteiger partial charge is 0.366 e. The van der Waals surface area contributed by atoms with Gasteiger partial charge >= 0.3 is 0 Å². The molecule has 1 aromatic heterocycles. The Balaban J connectivity index is 1.96. The van der Waals surface area contributed by atoms with Crippen LogP contribution in [0.3, 0.4) is 0 Å². The number of nitrogens with two attached hydrogens (primary N) is 1. The number of primary amides is 1. The van der Waals surface area contributed by atoms with Crippen LogP contribution < -0.4 is 5.73 Å². The Hall–Kier alpha value is -1.82. The number of aromatic nitrogens is 3. The van der Waals surface area contributed by atoms with Gasteiger partial charge in [0.05, 0.1) is 0 Å². The van der Waals surface area contributed by atoms with E-state index in [0.717, 1.165) is 22.3 Å². The summed E-state index contributed by atoms with van der Waals surface area (Å²) in [4.78, 5) is 15.3. The van der Waals surface area contributed by atoms with Crippen molar-refractivity contribution in [2.45, 2.75) is 30.7 Å². The van der Waals surface area contributed by atoms with Gasteiger partial charge in [0.25, 0.3) is 0 Å². The zero-order valence-corrected chi connectivity index (χ0v) is 11.7. The monoisotopic (exact) mass is 276 g/mol. The molecule has 2 rings (SSSR count). The first-order chi connectivity index (χ1) is 9.06. The van der Waals surface area contributed by atoms with Gasteiger partial charge in [-0.2, -0.15) is 0 Å². The maximum atomic E-state index is 11.0. The van der Waals surface area contributed by atoms with Gasteiger partial charge in [0.15, 0.2) is 0 Å². The minimum absolute atomic E-state index is 0.344. The Morgan fingerprint density at radius 3 is 2.58 bits per heavy atom. The normalized spacial score (nSPS) is 10.9. The number of aromatic amines is 1. The van der Waals surface area contributed by atoms with Gasteiger partial charge in [-0.15, -0.1) is 5.10 Å². The van der Waals surface area contributed by atoms with E-state index >= 15 is 0 Å². The van der Waals surface area contributed by atoms with Crippen molar-refractivity contribution in [2.75, 3.05) is 0 Å². The maximum Gasteiger partial charge on any atom is 0.248 e. The number of rotatable bonds is 5. The first-order valence-corrected chi connectivity index (χ1v) is 6.98. The first kappa shape index (κ1) is 13.6. The Morgan fingerprint density at radius 2 is 2.05 bits per heavy atom. The predicted molar refractivity (Wildman–Crippen MR) is 75.0 cm³/mol. The molecule has 1 aromatic carbocycles. The van der Waals surface area contributed by atoms with Crippen LogP contribution in [0.1, 0.15) is 41.5 Å². The molecule has 0 fully saturated rings. The fourth-order valence-corrected chi connectivity index (χ4v) is 2.26. The summed E-state index contributed by atoms with van der Waals surface area (Å²) in [6.45, 7) is 4.13. The average molecular weight is 276 g/mol. The second-order valence-electron chi connectivity index (χ2n) is 4.51. The van der Waals surface area contributed by atoms with E-state index in [1.54, 1.807) is 23.9 Å². The summed E-state index contributed by atoms with van der Waals surface area (Å²) < 4.78 is 0. The Labute approximate surface area is 116 Å². The molecule has 1 amide bonds. The van der Waals surface area contributed by atoms with Crippen LogP contribution in [0.4, 0.5) is 0 Å². The molecule has 100 valence electrons. The minimum atomic E-state index is -0.408. The standard InChI is InChI=1S/C13H16N4OS/c1-8(2)12-15-13(17-16-12)19-7-9-3-5-10(6-4-9)11(14)18/h3-6,8H,7H2,1-2H3,(H2,14,18)(H,15,16,17). The van der Waals surface area contributed by atoms with E-state index < -0.39 is 5.91 Å². The molecule has 0 aliphatic carbocycles. The number of nitrogens with zero attached hydrogens (tertiary/aromatic N) is 2. The van der Waals surface area contributed by atoms with Crippen LogP contribution in [0.2, 0.25) is 0 Å². The molecule has 0 radical (unpaired) electrons. The van der Waals surface area contributed by atoms with Crippen molar-refractivity contribution in [1.82, 2.24) is 15.2 Å². The number of hydrogen-bond acceptors (Lipinski definition) is 4. The van der Waals surface area contributed by atoms with Gasteiger partial charge in [-0.1, -0.05) is 37.7 Å². The lowest BCUT2D eigenvalue weighted by molar-refractivity contribution is 0.100. The van der Waals surface area contributed by atoms with Crippen LogP contribution in [0.25, 0.3) is 0 Å². The van der Waals surface area contributed by atoms with E-state index in [1.807, 2.05) is 12.1 Å². The highest BCUT2D eigenvalue weighted by molar-refractivity contribution is 7.98. The topological polar surface area (TPSA) is 84.7 Å². The molecule has 3 N–H and O–H groups in total. The average Bonchev–Trinajstić information content (AvgIpc) is 2.86. The zero-order chi connectivity index (χ0) is 13.8. The Kier molecular flexibility index (Phi) is 4.21. The van der Waals surface area contributed by atoms with Gasteiger partial charge in [-0.05, 0) is 17.7 Å². The summed E-state index contributed by atoms with van der Waals surface area (Å²) >= 11 is 1.56. The lowest BCUT2D eigenvalue weighted by Gasteiger charge is -2.00. The summed E-state index contributed by atoms with van der Waals surface area (Å²) in [6, 6.07) is 7.25. The molecule has 0 atom stereocenters. The number of nitrogens with one attached hydrogen (secondary N) is 1. The summed E-state index contributed by atoms with van der Waals surface area (Å²) in [5.74, 6) is 1.59. The quantitative estimate of drug-likeness (QED) is 0.821. The van der Waals surface area contributed by atoms with E-state index in [9.17, 15) is 4.79 Å². The number of amides is 1. The molecule has 0 aliphatic rings. The third kappa shape index (κ3) is 3.57. The van der Waals surface area contributed by atoms with Crippen LogP contribution >= 0.6 is 11.8 Å². The van der Waals surface area contributed by atoms with E-state index in [4.69, 9.17) is 5.73 Å². The van der Waals surface area contributed by atoms with Crippen molar-refractivity contribution in [3.8, 4) is 0 Å². The number of carbonyl (C=O) groups is 1. The van der Waals surface area contributed by atoms with E-state index in [-0.39, 0.29) is 0 Å². The van der Waals surface area contributed by atoms with Crippen molar-refractivity contribution in [3.05, 3.63) is 41.2 Å². The van der Waals surface area contributed by atoms with Crippen molar-refractivity contribution in [1.29, 1.82) is 0 Å². The highest BCUT2D eigenvalue weighted by Crippen LogP contribution is 2.20. The van der Waals surface area contributed by atoms with Gasteiger partial charge in [0.1, 0.15) is 5.82 Å². The molecule has 5 nitrogen and oxygen atoms in total. The van der Waals surface area contributed by atoms with Gasteiger partial charge in [-0.25, -0.2) is 4.98 Å². The summed E-state index contributed by atoms with van der Waals surface area (Å²) in [5, 5.41) is 7.81. The van der Waals surface area contributed by atoms with Gasteiger partial charge < -0.3 is 5.73 Å². The van der Waals surface area contributed by atoms with Crippen LogP contribution in [0.5, 0.6) is 0 Å².